The maximum absolute atomic E-state index is 4.28. The number of rotatable bonds is 2. The van der Waals surface area contributed by atoms with Gasteiger partial charge < -0.3 is 5.32 Å². The Kier molecular flexibility index (Phi) is 2.40. The van der Waals surface area contributed by atoms with Crippen LogP contribution in [0.2, 0.25) is 0 Å². The molecule has 0 bridgehead atoms. The van der Waals surface area contributed by atoms with Crippen LogP contribution in [0.25, 0.3) is 11.3 Å². The van der Waals surface area contributed by atoms with E-state index in [9.17, 15) is 0 Å². The predicted octanol–water partition coefficient (Wildman–Crippen LogP) is 2.19. The maximum atomic E-state index is 4.28. The summed E-state index contributed by atoms with van der Waals surface area (Å²) < 4.78 is 0. The first-order valence-electron chi connectivity index (χ1n) is 4.46. The monoisotopic (exact) mass is 185 g/mol. The third-order valence-electron chi connectivity index (χ3n) is 1.99. The molecule has 0 saturated heterocycles. The summed E-state index contributed by atoms with van der Waals surface area (Å²) in [5.41, 5.74) is 1.96. The first kappa shape index (κ1) is 8.69. The predicted molar refractivity (Wildman–Crippen MR) is 57.0 cm³/mol. The lowest BCUT2D eigenvalue weighted by Crippen LogP contribution is -1.95. The number of hydrogen-bond acceptors (Lipinski definition) is 3. The van der Waals surface area contributed by atoms with Gasteiger partial charge in [-0.05, 0) is 24.3 Å². The Bertz CT molecular complexity index is 412. The Morgan fingerprint density at radius 3 is 2.57 bits per heavy atom. The molecule has 14 heavy (non-hydrogen) atoms. The highest BCUT2D eigenvalue weighted by atomic mass is 15.0. The summed E-state index contributed by atoms with van der Waals surface area (Å²) in [7, 11) is 1.86. The van der Waals surface area contributed by atoms with Crippen molar-refractivity contribution in [1.29, 1.82) is 0 Å². The average Bonchev–Trinajstić information content (AvgIpc) is 2.30. The highest BCUT2D eigenvalue weighted by Gasteiger charge is 2.03. The third-order valence-corrected chi connectivity index (χ3v) is 1.99. The Hall–Kier alpha value is -1.90. The molecule has 70 valence electrons. The quantitative estimate of drug-likeness (QED) is 0.779. The second-order valence-electron chi connectivity index (χ2n) is 2.86. The highest BCUT2D eigenvalue weighted by Crippen LogP contribution is 2.22. The van der Waals surface area contributed by atoms with E-state index in [-0.39, 0.29) is 0 Å². The van der Waals surface area contributed by atoms with Gasteiger partial charge in [-0.2, -0.15) is 0 Å². The fraction of sp³-hybridized carbons (Fsp3) is 0.0909. The summed E-state index contributed by atoms with van der Waals surface area (Å²) >= 11 is 0. The Morgan fingerprint density at radius 1 is 1.00 bits per heavy atom. The van der Waals surface area contributed by atoms with E-state index in [0.717, 1.165) is 17.1 Å². The Balaban J connectivity index is 2.51. The molecule has 0 aromatic carbocycles. The second kappa shape index (κ2) is 3.87. The minimum Gasteiger partial charge on any atom is -0.373 e. The molecule has 0 amide bonds. The van der Waals surface area contributed by atoms with Gasteiger partial charge in [0.2, 0.25) is 0 Å². The molecule has 2 aromatic heterocycles. The number of hydrogen-bond donors (Lipinski definition) is 1. The van der Waals surface area contributed by atoms with Crippen LogP contribution in [-0.4, -0.2) is 17.0 Å². The average molecular weight is 185 g/mol. The van der Waals surface area contributed by atoms with Crippen molar-refractivity contribution in [2.75, 3.05) is 12.4 Å². The molecular weight excluding hydrogens is 174 g/mol. The standard InChI is InChI=1S/C11H11N3/c1-12-11-9(5-4-8-14-11)10-6-2-3-7-13-10/h2-8H,1H3,(H,12,14). The normalized spacial score (nSPS) is 9.79. The lowest BCUT2D eigenvalue weighted by molar-refractivity contribution is 1.26. The number of aromatic nitrogens is 2. The molecule has 2 rings (SSSR count). The van der Waals surface area contributed by atoms with Gasteiger partial charge in [0.25, 0.3) is 0 Å². The molecule has 0 aliphatic heterocycles. The van der Waals surface area contributed by atoms with Crippen LogP contribution < -0.4 is 5.32 Å². The number of anilines is 1. The Labute approximate surface area is 82.8 Å². The van der Waals surface area contributed by atoms with Crippen molar-refractivity contribution in [3.8, 4) is 11.3 Å². The van der Waals surface area contributed by atoms with Gasteiger partial charge in [-0.3, -0.25) is 4.98 Å². The van der Waals surface area contributed by atoms with Gasteiger partial charge in [0, 0.05) is 25.0 Å². The number of nitrogens with zero attached hydrogens (tertiary/aromatic N) is 2. The molecule has 0 atom stereocenters. The minimum atomic E-state index is 0.853. The fourth-order valence-electron chi connectivity index (χ4n) is 1.33. The first-order chi connectivity index (χ1) is 6.92. The van der Waals surface area contributed by atoms with Crippen molar-refractivity contribution >= 4 is 5.82 Å². The molecule has 0 spiro atoms. The molecule has 2 heterocycles. The molecule has 0 aliphatic rings. The van der Waals surface area contributed by atoms with Crippen LogP contribution in [-0.2, 0) is 0 Å². The van der Waals surface area contributed by atoms with Crippen molar-refractivity contribution < 1.29 is 0 Å². The van der Waals surface area contributed by atoms with E-state index in [1.807, 2.05) is 37.4 Å². The molecule has 3 heteroatoms. The van der Waals surface area contributed by atoms with E-state index in [2.05, 4.69) is 15.3 Å². The topological polar surface area (TPSA) is 37.8 Å². The third kappa shape index (κ3) is 1.57. The summed E-state index contributed by atoms with van der Waals surface area (Å²) in [5, 5.41) is 3.04. The second-order valence-corrected chi connectivity index (χ2v) is 2.86. The Morgan fingerprint density at radius 2 is 1.86 bits per heavy atom. The summed E-state index contributed by atoms with van der Waals surface area (Å²) in [5.74, 6) is 0.853. The van der Waals surface area contributed by atoms with Crippen LogP contribution in [0.5, 0.6) is 0 Å². The summed E-state index contributed by atoms with van der Waals surface area (Å²) in [6.07, 6.45) is 3.54. The van der Waals surface area contributed by atoms with Gasteiger partial charge in [0.15, 0.2) is 0 Å². The zero-order valence-corrected chi connectivity index (χ0v) is 7.94. The van der Waals surface area contributed by atoms with Gasteiger partial charge in [-0.1, -0.05) is 6.07 Å². The van der Waals surface area contributed by atoms with Gasteiger partial charge >= 0.3 is 0 Å². The van der Waals surface area contributed by atoms with E-state index >= 15 is 0 Å². The van der Waals surface area contributed by atoms with Crippen LogP contribution in [0.15, 0.2) is 42.7 Å². The van der Waals surface area contributed by atoms with E-state index in [1.165, 1.54) is 0 Å². The highest BCUT2D eigenvalue weighted by molar-refractivity contribution is 5.71. The zero-order chi connectivity index (χ0) is 9.80. The summed E-state index contributed by atoms with van der Waals surface area (Å²) in [4.78, 5) is 8.50. The SMILES string of the molecule is CNc1ncccc1-c1ccccn1. The smallest absolute Gasteiger partial charge is 0.135 e. The molecular formula is C11H11N3. The van der Waals surface area contributed by atoms with E-state index in [4.69, 9.17) is 0 Å². The lowest BCUT2D eigenvalue weighted by Gasteiger charge is -2.05. The fourth-order valence-corrected chi connectivity index (χ4v) is 1.33. The summed E-state index contributed by atoms with van der Waals surface area (Å²) in [6, 6.07) is 9.75. The van der Waals surface area contributed by atoms with E-state index in [1.54, 1.807) is 12.4 Å². The van der Waals surface area contributed by atoms with Crippen molar-refractivity contribution in [2.45, 2.75) is 0 Å². The van der Waals surface area contributed by atoms with Crippen LogP contribution in [0.3, 0.4) is 0 Å². The van der Waals surface area contributed by atoms with Crippen molar-refractivity contribution in [2.24, 2.45) is 0 Å². The van der Waals surface area contributed by atoms with Crippen LogP contribution in [0, 0.1) is 0 Å². The molecule has 2 aromatic rings. The van der Waals surface area contributed by atoms with Gasteiger partial charge in [0.05, 0.1) is 5.69 Å². The van der Waals surface area contributed by atoms with Gasteiger partial charge in [-0.25, -0.2) is 4.98 Å². The zero-order valence-electron chi connectivity index (χ0n) is 7.94. The molecule has 3 nitrogen and oxygen atoms in total. The molecule has 0 aliphatic carbocycles. The number of pyridine rings is 2. The largest absolute Gasteiger partial charge is 0.373 e. The molecule has 1 N–H and O–H groups in total. The summed E-state index contributed by atoms with van der Waals surface area (Å²) in [6.45, 7) is 0. The number of nitrogens with one attached hydrogen (secondary N) is 1. The van der Waals surface area contributed by atoms with Crippen LogP contribution >= 0.6 is 0 Å². The van der Waals surface area contributed by atoms with Crippen LogP contribution in [0.4, 0.5) is 5.82 Å². The van der Waals surface area contributed by atoms with Gasteiger partial charge in [0.1, 0.15) is 5.82 Å². The van der Waals surface area contributed by atoms with Crippen molar-refractivity contribution in [1.82, 2.24) is 9.97 Å². The maximum Gasteiger partial charge on any atom is 0.135 e. The van der Waals surface area contributed by atoms with Crippen molar-refractivity contribution in [3.05, 3.63) is 42.7 Å². The van der Waals surface area contributed by atoms with E-state index < -0.39 is 0 Å². The van der Waals surface area contributed by atoms with E-state index in [0.29, 0.717) is 0 Å². The van der Waals surface area contributed by atoms with Crippen LogP contribution in [0.1, 0.15) is 0 Å². The molecule has 0 saturated carbocycles. The minimum absolute atomic E-state index is 0.853. The molecule has 0 fully saturated rings. The van der Waals surface area contributed by atoms with Crippen molar-refractivity contribution in [3.63, 3.8) is 0 Å². The first-order valence-corrected chi connectivity index (χ1v) is 4.46. The molecule has 0 unspecified atom stereocenters. The molecule has 0 radical (unpaired) electrons. The van der Waals surface area contributed by atoms with Gasteiger partial charge in [-0.15, -0.1) is 0 Å². The lowest BCUT2D eigenvalue weighted by atomic mass is 10.2.